The summed E-state index contributed by atoms with van der Waals surface area (Å²) in [6.45, 7) is 2.10. The average Bonchev–Trinajstić information content (AvgIpc) is 2.35. The van der Waals surface area contributed by atoms with E-state index in [0.29, 0.717) is 0 Å². The van der Waals surface area contributed by atoms with Crippen molar-refractivity contribution in [3.05, 3.63) is 0 Å². The first-order chi connectivity index (χ1) is 5.88. The molecule has 1 saturated heterocycles. The smallest absolute Gasteiger partial charge is 0.208 e. The highest BCUT2D eigenvalue weighted by molar-refractivity contribution is 7.99. The van der Waals surface area contributed by atoms with Crippen LogP contribution in [-0.4, -0.2) is 42.5 Å². The third-order valence-electron chi connectivity index (χ3n) is 1.86. The minimum absolute atomic E-state index is 0.803. The van der Waals surface area contributed by atoms with Crippen LogP contribution in [0, 0.1) is 0 Å². The van der Waals surface area contributed by atoms with Gasteiger partial charge in [0.2, 0.25) is 5.96 Å². The fourth-order valence-electron chi connectivity index (χ4n) is 1.26. The van der Waals surface area contributed by atoms with E-state index in [9.17, 15) is 0 Å². The fourth-order valence-corrected chi connectivity index (χ4v) is 2.14. The van der Waals surface area contributed by atoms with E-state index in [-0.39, 0.29) is 0 Å². The van der Waals surface area contributed by atoms with Crippen LogP contribution >= 0.6 is 11.8 Å². The summed E-state index contributed by atoms with van der Waals surface area (Å²) < 4.78 is 0. The molecule has 1 fully saturated rings. The zero-order valence-electron chi connectivity index (χ0n) is 7.42. The lowest BCUT2D eigenvalue weighted by Crippen LogP contribution is -2.45. The largest absolute Gasteiger partial charge is 0.341 e. The normalized spacial score (nSPS) is 20.5. The summed E-state index contributed by atoms with van der Waals surface area (Å²) in [6, 6.07) is 0. The van der Waals surface area contributed by atoms with Gasteiger partial charge in [-0.2, -0.15) is 11.8 Å². The van der Waals surface area contributed by atoms with Gasteiger partial charge in [0.15, 0.2) is 0 Å². The lowest BCUT2D eigenvalue weighted by molar-refractivity contribution is 0.433. The van der Waals surface area contributed by atoms with Crippen molar-refractivity contribution < 1.29 is 0 Å². The van der Waals surface area contributed by atoms with Crippen LogP contribution in [0.15, 0.2) is 4.99 Å². The SMILES string of the molecule is CN=C(NN)N1CCCSCC1. The number of aliphatic imine (C=N–C) groups is 1. The van der Waals surface area contributed by atoms with Crippen LogP contribution in [0.1, 0.15) is 6.42 Å². The molecule has 1 rings (SSSR count). The highest BCUT2D eigenvalue weighted by Crippen LogP contribution is 2.09. The van der Waals surface area contributed by atoms with Crippen molar-refractivity contribution in [3.8, 4) is 0 Å². The maximum Gasteiger partial charge on any atom is 0.208 e. The summed E-state index contributed by atoms with van der Waals surface area (Å²) in [5, 5.41) is 0. The molecular weight excluding hydrogens is 172 g/mol. The first-order valence-electron chi connectivity index (χ1n) is 4.14. The third-order valence-corrected chi connectivity index (χ3v) is 2.91. The van der Waals surface area contributed by atoms with Crippen LogP contribution in [0.5, 0.6) is 0 Å². The number of nitrogens with two attached hydrogens (primary N) is 1. The standard InChI is InChI=1S/C7H16N4S/c1-9-7(10-8)11-3-2-5-12-6-4-11/h2-6,8H2,1H3,(H,9,10). The number of guanidine groups is 1. The molecule has 3 N–H and O–H groups in total. The van der Waals surface area contributed by atoms with Gasteiger partial charge in [-0.3, -0.25) is 10.4 Å². The van der Waals surface area contributed by atoms with Crippen molar-refractivity contribution in [2.24, 2.45) is 10.8 Å². The highest BCUT2D eigenvalue weighted by Gasteiger charge is 2.11. The summed E-state index contributed by atoms with van der Waals surface area (Å²) in [5.41, 5.74) is 2.62. The van der Waals surface area contributed by atoms with Gasteiger partial charge in [-0.05, 0) is 12.2 Å². The molecule has 0 aromatic rings. The molecule has 5 heteroatoms. The lowest BCUT2D eigenvalue weighted by atomic mass is 10.4. The van der Waals surface area contributed by atoms with Crippen molar-refractivity contribution in [1.29, 1.82) is 0 Å². The van der Waals surface area contributed by atoms with E-state index in [0.717, 1.165) is 19.0 Å². The predicted molar refractivity (Wildman–Crippen MR) is 54.2 cm³/mol. The minimum Gasteiger partial charge on any atom is -0.341 e. The molecule has 1 aliphatic rings. The second-order valence-electron chi connectivity index (χ2n) is 2.64. The molecule has 0 aromatic carbocycles. The van der Waals surface area contributed by atoms with E-state index in [4.69, 9.17) is 5.84 Å². The van der Waals surface area contributed by atoms with E-state index in [1.54, 1.807) is 7.05 Å². The van der Waals surface area contributed by atoms with E-state index in [1.807, 2.05) is 11.8 Å². The average molecular weight is 188 g/mol. The van der Waals surface area contributed by atoms with Crippen molar-refractivity contribution in [2.75, 3.05) is 31.6 Å². The summed E-state index contributed by atoms with van der Waals surface area (Å²) in [4.78, 5) is 6.26. The Hall–Kier alpha value is -0.420. The van der Waals surface area contributed by atoms with Crippen LogP contribution in [0.25, 0.3) is 0 Å². The Balaban J connectivity index is 2.47. The molecule has 4 nitrogen and oxygen atoms in total. The second kappa shape index (κ2) is 5.27. The van der Waals surface area contributed by atoms with Crippen LogP contribution in [0.2, 0.25) is 0 Å². The molecule has 0 radical (unpaired) electrons. The quantitative estimate of drug-likeness (QED) is 0.241. The molecule has 0 saturated carbocycles. The van der Waals surface area contributed by atoms with Gasteiger partial charge < -0.3 is 4.90 Å². The molecule has 1 heterocycles. The molecule has 0 amide bonds. The van der Waals surface area contributed by atoms with Crippen molar-refractivity contribution >= 4 is 17.7 Å². The zero-order valence-corrected chi connectivity index (χ0v) is 8.23. The zero-order chi connectivity index (χ0) is 8.81. The number of hydrogen-bond acceptors (Lipinski definition) is 3. The Bertz CT molecular complexity index is 151. The number of rotatable bonds is 0. The van der Waals surface area contributed by atoms with Gasteiger partial charge in [0.1, 0.15) is 0 Å². The van der Waals surface area contributed by atoms with E-state index >= 15 is 0 Å². The maximum absolute atomic E-state index is 5.34. The summed E-state index contributed by atoms with van der Waals surface area (Å²) in [7, 11) is 1.76. The fraction of sp³-hybridized carbons (Fsp3) is 0.857. The molecule has 0 aromatic heterocycles. The number of hydrogen-bond donors (Lipinski definition) is 2. The molecule has 0 unspecified atom stereocenters. The Morgan fingerprint density at radius 3 is 3.00 bits per heavy atom. The molecule has 0 spiro atoms. The van der Waals surface area contributed by atoms with Crippen LogP contribution in [0.3, 0.4) is 0 Å². The second-order valence-corrected chi connectivity index (χ2v) is 3.87. The van der Waals surface area contributed by atoms with Crippen molar-refractivity contribution in [3.63, 3.8) is 0 Å². The topological polar surface area (TPSA) is 53.6 Å². The minimum atomic E-state index is 0.803. The van der Waals surface area contributed by atoms with Crippen LogP contribution in [0.4, 0.5) is 0 Å². The number of hydrazine groups is 1. The maximum atomic E-state index is 5.34. The summed E-state index contributed by atoms with van der Waals surface area (Å²) in [5.74, 6) is 8.55. The third kappa shape index (κ3) is 2.57. The Kier molecular flexibility index (Phi) is 4.24. The van der Waals surface area contributed by atoms with Crippen LogP contribution in [-0.2, 0) is 0 Å². The number of thioether (sulfide) groups is 1. The molecular formula is C7H16N4S. The van der Waals surface area contributed by atoms with E-state index < -0.39 is 0 Å². The first kappa shape index (κ1) is 9.67. The molecule has 12 heavy (non-hydrogen) atoms. The van der Waals surface area contributed by atoms with Gasteiger partial charge in [0.05, 0.1) is 0 Å². The summed E-state index contributed by atoms with van der Waals surface area (Å²) in [6.07, 6.45) is 1.21. The van der Waals surface area contributed by atoms with Crippen molar-refractivity contribution in [2.45, 2.75) is 6.42 Å². The van der Waals surface area contributed by atoms with E-state index in [2.05, 4.69) is 15.3 Å². The molecule has 0 bridgehead atoms. The van der Waals surface area contributed by atoms with E-state index in [1.165, 1.54) is 17.9 Å². The molecule has 70 valence electrons. The monoisotopic (exact) mass is 188 g/mol. The summed E-state index contributed by atoms with van der Waals surface area (Å²) >= 11 is 1.99. The van der Waals surface area contributed by atoms with Gasteiger partial charge in [0, 0.05) is 25.9 Å². The Morgan fingerprint density at radius 2 is 2.33 bits per heavy atom. The number of nitrogens with zero attached hydrogens (tertiary/aromatic N) is 2. The molecule has 1 aliphatic heterocycles. The highest BCUT2D eigenvalue weighted by atomic mass is 32.2. The van der Waals surface area contributed by atoms with Crippen LogP contribution < -0.4 is 11.3 Å². The lowest BCUT2D eigenvalue weighted by Gasteiger charge is -2.22. The van der Waals surface area contributed by atoms with Gasteiger partial charge in [0.25, 0.3) is 0 Å². The van der Waals surface area contributed by atoms with Gasteiger partial charge in [-0.25, -0.2) is 5.84 Å². The molecule has 0 aliphatic carbocycles. The Morgan fingerprint density at radius 1 is 1.50 bits per heavy atom. The predicted octanol–water partition coefficient (Wildman–Crippen LogP) is -0.126. The number of nitrogens with one attached hydrogen (secondary N) is 1. The van der Waals surface area contributed by atoms with Crippen molar-refractivity contribution in [1.82, 2.24) is 10.3 Å². The first-order valence-corrected chi connectivity index (χ1v) is 5.30. The van der Waals surface area contributed by atoms with Gasteiger partial charge >= 0.3 is 0 Å². The van der Waals surface area contributed by atoms with Gasteiger partial charge in [-0.15, -0.1) is 0 Å². The Labute approximate surface area is 77.6 Å². The molecule has 0 atom stereocenters. The van der Waals surface area contributed by atoms with Gasteiger partial charge in [-0.1, -0.05) is 0 Å².